The summed E-state index contributed by atoms with van der Waals surface area (Å²) in [4.78, 5) is 55.3. The van der Waals surface area contributed by atoms with Gasteiger partial charge in [-0.25, -0.2) is 0 Å². The third kappa shape index (κ3) is 9.57. The molecule has 0 saturated carbocycles. The van der Waals surface area contributed by atoms with Crippen LogP contribution in [0.3, 0.4) is 0 Å². The predicted octanol–water partition coefficient (Wildman–Crippen LogP) is 3.80. The Hall–Kier alpha value is -3.56. The molecule has 2 unspecified atom stereocenters. The lowest BCUT2D eigenvalue weighted by Crippen LogP contribution is -2.45. The van der Waals surface area contributed by atoms with Gasteiger partial charge in [0.25, 0.3) is 0 Å². The van der Waals surface area contributed by atoms with Crippen molar-refractivity contribution in [2.24, 2.45) is 17.6 Å². The molecule has 0 spiro atoms. The fourth-order valence-corrected chi connectivity index (χ4v) is 4.98. The summed E-state index contributed by atoms with van der Waals surface area (Å²) in [6.45, 7) is 0.442. The van der Waals surface area contributed by atoms with Crippen molar-refractivity contribution in [3.05, 3.63) is 78.1 Å². The number of carbonyl (C=O) groups excluding carboxylic acids is 3. The van der Waals surface area contributed by atoms with E-state index in [1.54, 1.807) is 24.5 Å². The minimum atomic E-state index is -1.11. The summed E-state index contributed by atoms with van der Waals surface area (Å²) in [5, 5.41) is 14.4. The molecule has 0 bridgehead atoms. The zero-order valence-corrected chi connectivity index (χ0v) is 23.4. The first-order valence-corrected chi connectivity index (χ1v) is 14.2. The van der Waals surface area contributed by atoms with E-state index in [1.165, 1.54) is 0 Å². The molecule has 0 fully saturated rings. The second-order valence-electron chi connectivity index (χ2n) is 10.1. The van der Waals surface area contributed by atoms with Crippen LogP contribution in [0.5, 0.6) is 0 Å². The van der Waals surface area contributed by atoms with E-state index < -0.39 is 29.8 Å². The lowest BCUT2D eigenvalue weighted by Gasteiger charge is -2.23. The number of benzene rings is 2. The number of ketones is 2. The molecule has 2 aromatic carbocycles. The normalized spacial score (nSPS) is 13.3. The van der Waals surface area contributed by atoms with E-state index in [9.17, 15) is 24.3 Å². The number of fused-ring (bicyclic) bond motifs is 1. The summed E-state index contributed by atoms with van der Waals surface area (Å²) >= 11 is 4.06. The van der Waals surface area contributed by atoms with Crippen LogP contribution in [0, 0.1) is 11.8 Å². The molecule has 3 rings (SSSR count). The highest BCUT2D eigenvalue weighted by molar-refractivity contribution is 7.80. The van der Waals surface area contributed by atoms with Gasteiger partial charge in [0.15, 0.2) is 5.78 Å². The molecule has 1 heterocycles. The number of nitrogens with one attached hydrogen (secondary N) is 1. The van der Waals surface area contributed by atoms with Crippen molar-refractivity contribution in [2.45, 2.75) is 51.0 Å². The van der Waals surface area contributed by atoms with Gasteiger partial charge in [-0.15, -0.1) is 0 Å². The van der Waals surface area contributed by atoms with Gasteiger partial charge in [-0.3, -0.25) is 24.2 Å². The van der Waals surface area contributed by atoms with Gasteiger partial charge in [0.1, 0.15) is 5.78 Å². The van der Waals surface area contributed by atoms with E-state index in [2.05, 4.69) is 22.9 Å². The Bertz CT molecular complexity index is 1300. The van der Waals surface area contributed by atoms with Crippen molar-refractivity contribution in [3.8, 4) is 0 Å². The average molecular weight is 564 g/mol. The number of hydrogen-bond acceptors (Lipinski definition) is 7. The van der Waals surface area contributed by atoms with Crippen molar-refractivity contribution in [1.82, 2.24) is 10.3 Å². The van der Waals surface area contributed by atoms with Gasteiger partial charge in [0.2, 0.25) is 5.91 Å². The Morgan fingerprint density at radius 3 is 2.30 bits per heavy atom. The number of rotatable bonds is 17. The molecule has 0 radical (unpaired) electrons. The first-order valence-electron chi connectivity index (χ1n) is 13.6. The molecular formula is C31H37N3O5S. The minimum absolute atomic E-state index is 0.000908. The summed E-state index contributed by atoms with van der Waals surface area (Å²) in [7, 11) is 0. The van der Waals surface area contributed by atoms with Crippen LogP contribution in [-0.4, -0.2) is 51.9 Å². The molecule has 3 atom stereocenters. The summed E-state index contributed by atoms with van der Waals surface area (Å²) in [6, 6.07) is 16.5. The topological polar surface area (TPSA) is 139 Å². The highest BCUT2D eigenvalue weighted by atomic mass is 32.1. The van der Waals surface area contributed by atoms with Crippen molar-refractivity contribution in [2.75, 3.05) is 12.3 Å². The van der Waals surface area contributed by atoms with Gasteiger partial charge in [-0.2, -0.15) is 12.6 Å². The summed E-state index contributed by atoms with van der Waals surface area (Å²) < 4.78 is 0. The van der Waals surface area contributed by atoms with Crippen molar-refractivity contribution >= 4 is 46.8 Å². The fourth-order valence-electron chi connectivity index (χ4n) is 4.70. The van der Waals surface area contributed by atoms with Crippen molar-refractivity contribution in [1.29, 1.82) is 0 Å². The second kappa shape index (κ2) is 15.9. The number of thiol groups is 1. The van der Waals surface area contributed by atoms with Crippen LogP contribution >= 0.6 is 12.6 Å². The molecule has 1 amide bonds. The predicted molar refractivity (Wildman–Crippen MR) is 158 cm³/mol. The third-order valence-electron chi connectivity index (χ3n) is 6.96. The molecule has 0 saturated heterocycles. The number of aromatic nitrogens is 1. The molecular weight excluding hydrogens is 526 g/mol. The number of aliphatic carboxylic acids is 1. The molecule has 4 N–H and O–H groups in total. The number of nitrogens with two attached hydrogens (primary N) is 1. The first kappa shape index (κ1) is 31.0. The van der Waals surface area contributed by atoms with E-state index in [1.807, 2.05) is 42.5 Å². The van der Waals surface area contributed by atoms with Gasteiger partial charge in [-0.05, 0) is 66.3 Å². The largest absolute Gasteiger partial charge is 0.481 e. The van der Waals surface area contributed by atoms with Gasteiger partial charge in [0, 0.05) is 43.3 Å². The molecule has 9 heteroatoms. The Balaban J connectivity index is 1.76. The maximum atomic E-state index is 13.6. The number of unbranched alkanes of at least 4 members (excludes halogenated alkanes) is 1. The number of carbonyl (C=O) groups is 4. The molecule has 8 nitrogen and oxygen atoms in total. The SMILES string of the molecule is NCCCC[C@H](NC(=O)C(CC(=O)Cc1ccc2ccccc2c1)Cc1ccncc1)C(=O)CC(CS)C(=O)O. The molecule has 40 heavy (non-hydrogen) atoms. The van der Waals surface area contributed by atoms with Crippen LogP contribution < -0.4 is 11.1 Å². The number of carboxylic acid groups (broad SMARTS) is 1. The number of amides is 1. The highest BCUT2D eigenvalue weighted by Crippen LogP contribution is 2.20. The van der Waals surface area contributed by atoms with Gasteiger partial charge >= 0.3 is 5.97 Å². The molecule has 3 aromatic rings. The molecule has 0 aliphatic rings. The molecule has 0 aliphatic heterocycles. The summed E-state index contributed by atoms with van der Waals surface area (Å²) in [6.07, 6.45) is 5.12. The zero-order valence-electron chi connectivity index (χ0n) is 22.5. The van der Waals surface area contributed by atoms with Crippen LogP contribution in [0.4, 0.5) is 0 Å². The van der Waals surface area contributed by atoms with Crippen LogP contribution in [0.25, 0.3) is 10.8 Å². The monoisotopic (exact) mass is 563 g/mol. The minimum Gasteiger partial charge on any atom is -0.481 e. The summed E-state index contributed by atoms with van der Waals surface area (Å²) in [5.74, 6) is -3.61. The van der Waals surface area contributed by atoms with Crippen LogP contribution in [-0.2, 0) is 32.0 Å². The summed E-state index contributed by atoms with van der Waals surface area (Å²) in [5.41, 5.74) is 7.33. The lowest BCUT2D eigenvalue weighted by atomic mass is 9.90. The van der Waals surface area contributed by atoms with Gasteiger partial charge in [0.05, 0.1) is 12.0 Å². The number of carboxylic acids is 1. The van der Waals surface area contributed by atoms with E-state index >= 15 is 0 Å². The second-order valence-corrected chi connectivity index (χ2v) is 10.5. The third-order valence-corrected chi connectivity index (χ3v) is 7.40. The maximum Gasteiger partial charge on any atom is 0.307 e. The van der Waals surface area contributed by atoms with Crippen molar-refractivity contribution in [3.63, 3.8) is 0 Å². The highest BCUT2D eigenvalue weighted by Gasteiger charge is 2.30. The molecule has 1 aromatic heterocycles. The quantitative estimate of drug-likeness (QED) is 0.145. The van der Waals surface area contributed by atoms with Gasteiger partial charge in [-0.1, -0.05) is 42.5 Å². The van der Waals surface area contributed by atoms with Crippen molar-refractivity contribution < 1.29 is 24.3 Å². The van der Waals surface area contributed by atoms with Crippen LogP contribution in [0.2, 0.25) is 0 Å². The molecule has 0 aliphatic carbocycles. The van der Waals surface area contributed by atoms with E-state index in [0.29, 0.717) is 32.2 Å². The Labute approximate surface area is 240 Å². The smallest absolute Gasteiger partial charge is 0.307 e. The number of pyridine rings is 1. The van der Waals surface area contributed by atoms with Crippen LogP contribution in [0.15, 0.2) is 67.0 Å². The fraction of sp³-hybridized carbons (Fsp3) is 0.387. The van der Waals surface area contributed by atoms with E-state index in [-0.39, 0.29) is 36.6 Å². The van der Waals surface area contributed by atoms with Gasteiger partial charge < -0.3 is 16.2 Å². The standard InChI is InChI=1S/C31H37N3O5S/c32-12-4-3-7-28(29(36)19-26(20-40)31(38)39)34-30(37)25(15-21-10-13-33-14-11-21)18-27(35)17-22-8-9-23-5-1-2-6-24(23)16-22/h1-2,5-6,8-11,13-14,16,25-26,28,40H,3-4,7,12,15,17-20,32H2,(H,34,37)(H,38,39)/t25?,26?,28-/m0/s1. The first-order chi connectivity index (χ1) is 19.3. The lowest BCUT2D eigenvalue weighted by molar-refractivity contribution is -0.143. The maximum absolute atomic E-state index is 13.6. The van der Waals surface area contributed by atoms with E-state index in [4.69, 9.17) is 5.73 Å². The number of hydrogen-bond donors (Lipinski definition) is 4. The number of nitrogens with zero attached hydrogens (tertiary/aromatic N) is 1. The Morgan fingerprint density at radius 1 is 0.900 bits per heavy atom. The Morgan fingerprint density at radius 2 is 1.62 bits per heavy atom. The van der Waals surface area contributed by atoms with Crippen LogP contribution in [0.1, 0.15) is 43.2 Å². The Kier molecular flexibility index (Phi) is 12.3. The number of Topliss-reactive ketones (excluding diaryl/α,β-unsaturated/α-hetero) is 2. The molecule has 212 valence electrons. The van der Waals surface area contributed by atoms with E-state index in [0.717, 1.165) is 21.9 Å². The zero-order chi connectivity index (χ0) is 28.9. The average Bonchev–Trinajstić information content (AvgIpc) is 2.95.